The lowest BCUT2D eigenvalue weighted by Gasteiger charge is -2.22. The highest BCUT2D eigenvalue weighted by atomic mass is 16.5. The van der Waals surface area contributed by atoms with Crippen molar-refractivity contribution in [3.8, 4) is 28.8 Å². The third-order valence-corrected chi connectivity index (χ3v) is 5.76. The molecule has 1 amide bonds. The van der Waals surface area contributed by atoms with Gasteiger partial charge in [-0.05, 0) is 60.9 Å². The molecule has 7 nitrogen and oxygen atoms in total. The van der Waals surface area contributed by atoms with E-state index in [2.05, 4.69) is 11.1 Å². The van der Waals surface area contributed by atoms with Gasteiger partial charge in [-0.3, -0.25) is 9.78 Å². The molecule has 2 heterocycles. The average Bonchev–Trinajstić information content (AvgIpc) is 3.33. The van der Waals surface area contributed by atoms with E-state index in [0.29, 0.717) is 30.2 Å². The van der Waals surface area contributed by atoms with E-state index in [9.17, 15) is 10.1 Å². The Morgan fingerprint density at radius 1 is 1.11 bits per heavy atom. The first-order valence-corrected chi connectivity index (χ1v) is 11.4. The van der Waals surface area contributed by atoms with Gasteiger partial charge in [-0.1, -0.05) is 30.3 Å². The normalized spacial score (nSPS) is 10.6. The molecule has 0 atom stereocenters. The van der Waals surface area contributed by atoms with E-state index in [1.807, 2.05) is 74.5 Å². The molecule has 176 valence electrons. The van der Waals surface area contributed by atoms with Gasteiger partial charge in [0.15, 0.2) is 0 Å². The van der Waals surface area contributed by atoms with E-state index < -0.39 is 0 Å². The minimum absolute atomic E-state index is 0.202. The first-order valence-electron chi connectivity index (χ1n) is 11.4. The summed E-state index contributed by atoms with van der Waals surface area (Å²) >= 11 is 0. The Kier molecular flexibility index (Phi) is 7.22. The molecule has 0 fully saturated rings. The highest BCUT2D eigenvalue weighted by molar-refractivity contribution is 5.94. The van der Waals surface area contributed by atoms with Crippen LogP contribution in [0.5, 0.6) is 5.75 Å². The van der Waals surface area contributed by atoms with Crippen molar-refractivity contribution >= 4 is 5.91 Å². The van der Waals surface area contributed by atoms with Gasteiger partial charge in [-0.2, -0.15) is 10.4 Å². The highest BCUT2D eigenvalue weighted by Gasteiger charge is 2.24. The predicted octanol–water partition coefficient (Wildman–Crippen LogP) is 5.12. The molecule has 0 saturated heterocycles. The molecule has 0 radical (unpaired) electrons. The molecule has 2 aromatic carbocycles. The Bertz CT molecular complexity index is 1370. The standard InChI is InChI=1S/C28H27N5O2/c1-20-10-11-21(2)26(15-20)33-27(17-25(31-33)23-8-4-9-24(16-23)35-3)28(34)32(14-6-12-29)19-22-7-5-13-30-18-22/h4-5,7-11,13,15-18H,6,14,19H2,1-3H3. The molecule has 7 heteroatoms. The second-order valence-electron chi connectivity index (χ2n) is 8.34. The molecule has 0 aliphatic carbocycles. The van der Waals surface area contributed by atoms with E-state index >= 15 is 0 Å². The number of pyridine rings is 1. The number of methoxy groups -OCH3 is 1. The summed E-state index contributed by atoms with van der Waals surface area (Å²) in [6.45, 7) is 4.66. The molecule has 35 heavy (non-hydrogen) atoms. The van der Waals surface area contributed by atoms with E-state index in [1.54, 1.807) is 29.1 Å². The number of carbonyl (C=O) groups excluding carboxylic acids is 1. The Morgan fingerprint density at radius 2 is 1.97 bits per heavy atom. The van der Waals surface area contributed by atoms with Gasteiger partial charge in [0.05, 0.1) is 31.0 Å². The maximum atomic E-state index is 13.9. The quantitative estimate of drug-likeness (QED) is 0.361. The van der Waals surface area contributed by atoms with Crippen molar-refractivity contribution in [1.82, 2.24) is 19.7 Å². The molecule has 0 aliphatic heterocycles. The number of nitrogens with zero attached hydrogens (tertiary/aromatic N) is 5. The Morgan fingerprint density at radius 3 is 2.71 bits per heavy atom. The van der Waals surface area contributed by atoms with Gasteiger partial charge in [0.2, 0.25) is 0 Å². The van der Waals surface area contributed by atoms with Gasteiger partial charge in [-0.15, -0.1) is 0 Å². The number of rotatable bonds is 8. The molecule has 0 saturated carbocycles. The van der Waals surface area contributed by atoms with Gasteiger partial charge in [0, 0.05) is 31.0 Å². The van der Waals surface area contributed by atoms with E-state index in [0.717, 1.165) is 27.9 Å². The topological polar surface area (TPSA) is 84.0 Å². The number of aromatic nitrogens is 3. The van der Waals surface area contributed by atoms with Crippen LogP contribution in [-0.4, -0.2) is 39.2 Å². The third kappa shape index (κ3) is 5.39. The van der Waals surface area contributed by atoms with Gasteiger partial charge in [-0.25, -0.2) is 4.68 Å². The van der Waals surface area contributed by atoms with Crippen LogP contribution in [0, 0.1) is 25.2 Å². The number of amides is 1. The fraction of sp³-hybridized carbons (Fsp3) is 0.214. The molecule has 4 aromatic rings. The van der Waals surface area contributed by atoms with Crippen LogP contribution in [0.3, 0.4) is 0 Å². The van der Waals surface area contributed by atoms with Crippen molar-refractivity contribution in [2.45, 2.75) is 26.8 Å². The van der Waals surface area contributed by atoms with Crippen molar-refractivity contribution in [3.05, 3.63) is 95.4 Å². The van der Waals surface area contributed by atoms with Crippen LogP contribution < -0.4 is 4.74 Å². The van der Waals surface area contributed by atoms with Crippen molar-refractivity contribution < 1.29 is 9.53 Å². The van der Waals surface area contributed by atoms with Crippen LogP contribution in [0.4, 0.5) is 0 Å². The first-order chi connectivity index (χ1) is 17.0. The van der Waals surface area contributed by atoms with Crippen LogP contribution in [0.25, 0.3) is 16.9 Å². The summed E-state index contributed by atoms with van der Waals surface area (Å²) in [5.41, 5.74) is 5.74. The maximum absolute atomic E-state index is 13.9. The number of ether oxygens (including phenoxy) is 1. The molecule has 0 aliphatic rings. The molecule has 2 aromatic heterocycles. The van der Waals surface area contributed by atoms with Crippen molar-refractivity contribution in [2.75, 3.05) is 13.7 Å². The van der Waals surface area contributed by atoms with E-state index in [1.165, 1.54) is 0 Å². The van der Waals surface area contributed by atoms with Crippen molar-refractivity contribution in [1.29, 1.82) is 5.26 Å². The molecule has 0 unspecified atom stereocenters. The Hall–Kier alpha value is -4.44. The minimum Gasteiger partial charge on any atom is -0.497 e. The number of aryl methyl sites for hydroxylation is 2. The molecular formula is C28H27N5O2. The highest BCUT2D eigenvalue weighted by Crippen LogP contribution is 2.27. The number of carbonyl (C=O) groups is 1. The van der Waals surface area contributed by atoms with Gasteiger partial charge in [0.1, 0.15) is 11.4 Å². The zero-order valence-corrected chi connectivity index (χ0v) is 20.1. The average molecular weight is 466 g/mol. The first kappa shape index (κ1) is 23.7. The summed E-state index contributed by atoms with van der Waals surface area (Å²) in [6.07, 6.45) is 3.66. The van der Waals surface area contributed by atoms with E-state index in [-0.39, 0.29) is 12.3 Å². The summed E-state index contributed by atoms with van der Waals surface area (Å²) in [4.78, 5) is 19.8. The largest absolute Gasteiger partial charge is 0.497 e. The predicted molar refractivity (Wildman–Crippen MR) is 134 cm³/mol. The molecular weight excluding hydrogens is 438 g/mol. The maximum Gasteiger partial charge on any atom is 0.272 e. The van der Waals surface area contributed by atoms with Crippen LogP contribution in [-0.2, 0) is 6.54 Å². The summed E-state index contributed by atoms with van der Waals surface area (Å²) in [7, 11) is 1.62. The number of nitriles is 1. The van der Waals surface area contributed by atoms with Gasteiger partial charge in [0.25, 0.3) is 5.91 Å². The number of benzene rings is 2. The van der Waals surface area contributed by atoms with Gasteiger partial charge >= 0.3 is 0 Å². The SMILES string of the molecule is COc1cccc(-c2cc(C(=O)N(CCC#N)Cc3cccnc3)n(-c3cc(C)ccc3C)n2)c1. The van der Waals surface area contributed by atoms with Crippen LogP contribution in [0.1, 0.15) is 33.6 Å². The molecule has 0 N–H and O–H groups in total. The summed E-state index contributed by atoms with van der Waals surface area (Å²) in [6, 6.07) is 21.4. The zero-order chi connectivity index (χ0) is 24.8. The zero-order valence-electron chi connectivity index (χ0n) is 20.1. The molecule has 4 rings (SSSR count). The fourth-order valence-electron chi connectivity index (χ4n) is 3.90. The Labute approximate surface area is 205 Å². The minimum atomic E-state index is -0.202. The van der Waals surface area contributed by atoms with Gasteiger partial charge < -0.3 is 9.64 Å². The fourth-order valence-corrected chi connectivity index (χ4v) is 3.90. The lowest BCUT2D eigenvalue weighted by Crippen LogP contribution is -2.33. The van der Waals surface area contributed by atoms with Crippen molar-refractivity contribution in [3.63, 3.8) is 0 Å². The van der Waals surface area contributed by atoms with Crippen molar-refractivity contribution in [2.24, 2.45) is 0 Å². The molecule has 0 bridgehead atoms. The van der Waals surface area contributed by atoms with Crippen LogP contribution in [0.15, 0.2) is 73.1 Å². The summed E-state index contributed by atoms with van der Waals surface area (Å²) in [5, 5.41) is 14.1. The van der Waals surface area contributed by atoms with E-state index in [4.69, 9.17) is 9.84 Å². The van der Waals surface area contributed by atoms with Crippen LogP contribution >= 0.6 is 0 Å². The lowest BCUT2D eigenvalue weighted by molar-refractivity contribution is 0.0737. The monoisotopic (exact) mass is 465 g/mol. The van der Waals surface area contributed by atoms with Crippen LogP contribution in [0.2, 0.25) is 0 Å². The second-order valence-corrected chi connectivity index (χ2v) is 8.34. The summed E-state index contributed by atoms with van der Waals surface area (Å²) < 4.78 is 7.09. The lowest BCUT2D eigenvalue weighted by atomic mass is 10.1. The summed E-state index contributed by atoms with van der Waals surface area (Å²) in [5.74, 6) is 0.510. The Balaban J connectivity index is 1.82. The third-order valence-electron chi connectivity index (χ3n) is 5.76. The molecule has 0 spiro atoms. The number of hydrogen-bond acceptors (Lipinski definition) is 5. The smallest absolute Gasteiger partial charge is 0.272 e. The second kappa shape index (κ2) is 10.7. The number of hydrogen-bond donors (Lipinski definition) is 0.